The third-order valence-electron chi connectivity index (χ3n) is 5.28. The normalized spacial score (nSPS) is 21.5. The largest absolute Gasteiger partial charge is 0.494 e. The quantitative estimate of drug-likeness (QED) is 0.791. The van der Waals surface area contributed by atoms with Crippen LogP contribution in [0.2, 0.25) is 0 Å². The summed E-state index contributed by atoms with van der Waals surface area (Å²) in [5.74, 6) is 0.778. The van der Waals surface area contributed by atoms with E-state index < -0.39 is 0 Å². The molecule has 2 aliphatic rings. The summed E-state index contributed by atoms with van der Waals surface area (Å²) in [6, 6.07) is 5.84. The van der Waals surface area contributed by atoms with Crippen LogP contribution in [0, 0.1) is 6.92 Å². The number of aryl methyl sites for hydroxylation is 1. The highest BCUT2D eigenvalue weighted by Crippen LogP contribution is 2.36. The van der Waals surface area contributed by atoms with Crippen LogP contribution in [-0.2, 0) is 14.1 Å². The highest BCUT2D eigenvalue weighted by Gasteiger charge is 2.51. The molecule has 0 atom stereocenters. The molecule has 0 N–H and O–H groups in total. The van der Waals surface area contributed by atoms with Crippen molar-refractivity contribution in [2.45, 2.75) is 52.2 Å². The first-order valence-electron chi connectivity index (χ1n) is 8.56. The fraction of sp³-hybridized carbons (Fsp3) is 0.611. The van der Waals surface area contributed by atoms with Gasteiger partial charge < -0.3 is 18.9 Å². The van der Waals surface area contributed by atoms with Crippen molar-refractivity contribution in [1.82, 2.24) is 4.90 Å². The SMILES string of the molecule is Cc1cc(B2OC(C)(C)C(C)(C)O2)ccc1OCC(=O)N1CCC1. The van der Waals surface area contributed by atoms with Gasteiger partial charge in [0, 0.05) is 13.1 Å². The van der Waals surface area contributed by atoms with E-state index in [0.29, 0.717) is 0 Å². The lowest BCUT2D eigenvalue weighted by molar-refractivity contribution is -0.136. The Labute approximate surface area is 144 Å². The summed E-state index contributed by atoms with van der Waals surface area (Å²) >= 11 is 0. The van der Waals surface area contributed by atoms with Gasteiger partial charge in [-0.3, -0.25) is 4.79 Å². The molecule has 2 fully saturated rings. The van der Waals surface area contributed by atoms with Gasteiger partial charge in [0.15, 0.2) is 6.61 Å². The van der Waals surface area contributed by atoms with Crippen molar-refractivity contribution in [3.8, 4) is 5.75 Å². The summed E-state index contributed by atoms with van der Waals surface area (Å²) in [6.07, 6.45) is 1.09. The number of hydrogen-bond donors (Lipinski definition) is 0. The standard InChI is InChI=1S/C18H26BNO4/c1-13-11-14(19-23-17(2,3)18(4,5)24-19)7-8-15(13)22-12-16(21)20-9-6-10-20/h7-8,11H,6,9-10,12H2,1-5H3. The topological polar surface area (TPSA) is 48.0 Å². The number of ether oxygens (including phenoxy) is 1. The molecule has 2 saturated heterocycles. The van der Waals surface area contributed by atoms with E-state index in [4.69, 9.17) is 14.0 Å². The number of rotatable bonds is 4. The van der Waals surface area contributed by atoms with Crippen LogP contribution in [0.3, 0.4) is 0 Å². The van der Waals surface area contributed by atoms with Crippen LogP contribution in [0.1, 0.15) is 39.7 Å². The van der Waals surface area contributed by atoms with Gasteiger partial charge in [-0.25, -0.2) is 0 Å². The molecular formula is C18H26BNO4. The first-order valence-corrected chi connectivity index (χ1v) is 8.56. The number of hydrogen-bond acceptors (Lipinski definition) is 4. The summed E-state index contributed by atoms with van der Waals surface area (Å²) in [4.78, 5) is 13.7. The van der Waals surface area contributed by atoms with E-state index >= 15 is 0 Å². The number of carbonyl (C=O) groups excluding carboxylic acids is 1. The molecule has 0 spiro atoms. The van der Waals surface area contributed by atoms with Gasteiger partial charge >= 0.3 is 7.12 Å². The van der Waals surface area contributed by atoms with Gasteiger partial charge in [0.1, 0.15) is 5.75 Å². The molecule has 130 valence electrons. The molecular weight excluding hydrogens is 305 g/mol. The first kappa shape index (κ1) is 17.3. The Kier molecular flexibility index (Phi) is 4.38. The smallest absolute Gasteiger partial charge is 0.484 e. The van der Waals surface area contributed by atoms with Crippen molar-refractivity contribution >= 4 is 18.5 Å². The monoisotopic (exact) mass is 331 g/mol. The van der Waals surface area contributed by atoms with Gasteiger partial charge in [0.05, 0.1) is 11.2 Å². The molecule has 1 aromatic rings. The Balaban J connectivity index is 1.66. The molecule has 3 rings (SSSR count). The summed E-state index contributed by atoms with van der Waals surface area (Å²) < 4.78 is 17.8. The molecule has 6 heteroatoms. The Morgan fingerprint density at radius 2 is 1.83 bits per heavy atom. The molecule has 24 heavy (non-hydrogen) atoms. The zero-order valence-corrected chi connectivity index (χ0v) is 15.2. The third-order valence-corrected chi connectivity index (χ3v) is 5.28. The summed E-state index contributed by atoms with van der Waals surface area (Å²) in [5, 5.41) is 0. The Morgan fingerprint density at radius 3 is 2.33 bits per heavy atom. The molecule has 0 radical (unpaired) electrons. The molecule has 5 nitrogen and oxygen atoms in total. The fourth-order valence-electron chi connectivity index (χ4n) is 2.76. The average Bonchev–Trinajstić information content (AvgIpc) is 2.64. The lowest BCUT2D eigenvalue weighted by atomic mass is 9.78. The predicted molar refractivity (Wildman–Crippen MR) is 93.6 cm³/mol. The van der Waals surface area contributed by atoms with Crippen molar-refractivity contribution < 1.29 is 18.8 Å². The third kappa shape index (κ3) is 3.17. The van der Waals surface area contributed by atoms with Crippen molar-refractivity contribution in [3.63, 3.8) is 0 Å². The zero-order chi connectivity index (χ0) is 17.5. The van der Waals surface area contributed by atoms with Crippen molar-refractivity contribution in [1.29, 1.82) is 0 Å². The molecule has 0 bridgehead atoms. The van der Waals surface area contributed by atoms with E-state index in [9.17, 15) is 4.79 Å². The van der Waals surface area contributed by atoms with Crippen molar-refractivity contribution in [2.24, 2.45) is 0 Å². The lowest BCUT2D eigenvalue weighted by Gasteiger charge is -2.32. The molecule has 0 unspecified atom stereocenters. The van der Waals surface area contributed by atoms with Gasteiger partial charge in [0.25, 0.3) is 5.91 Å². The minimum Gasteiger partial charge on any atom is -0.484 e. The molecule has 1 aromatic carbocycles. The molecule has 1 amide bonds. The van der Waals surface area contributed by atoms with Gasteiger partial charge in [-0.15, -0.1) is 0 Å². The summed E-state index contributed by atoms with van der Waals surface area (Å²) in [7, 11) is -0.384. The first-order chi connectivity index (χ1) is 11.2. The summed E-state index contributed by atoms with van der Waals surface area (Å²) in [5.41, 5.74) is 1.22. The number of carbonyl (C=O) groups is 1. The van der Waals surface area contributed by atoms with Gasteiger partial charge in [0.2, 0.25) is 0 Å². The van der Waals surface area contributed by atoms with Gasteiger partial charge in [-0.1, -0.05) is 12.1 Å². The van der Waals surface area contributed by atoms with Gasteiger partial charge in [-0.2, -0.15) is 0 Å². The minimum atomic E-state index is -0.384. The summed E-state index contributed by atoms with van der Waals surface area (Å²) in [6.45, 7) is 11.9. The number of amides is 1. The van der Waals surface area contributed by atoms with Crippen LogP contribution in [0.4, 0.5) is 0 Å². The predicted octanol–water partition coefficient (Wildman–Crippen LogP) is 1.91. The van der Waals surface area contributed by atoms with Crippen LogP contribution in [0.5, 0.6) is 5.75 Å². The number of nitrogens with zero attached hydrogens (tertiary/aromatic N) is 1. The minimum absolute atomic E-state index is 0.0516. The van der Waals surface area contributed by atoms with E-state index in [1.54, 1.807) is 0 Å². The van der Waals surface area contributed by atoms with E-state index in [0.717, 1.165) is 36.3 Å². The molecule has 2 heterocycles. The second kappa shape index (κ2) is 6.08. The highest BCUT2D eigenvalue weighted by molar-refractivity contribution is 6.62. The second-order valence-electron chi connectivity index (χ2n) is 7.64. The Morgan fingerprint density at radius 1 is 1.21 bits per heavy atom. The molecule has 0 aliphatic carbocycles. The maximum Gasteiger partial charge on any atom is 0.494 e. The lowest BCUT2D eigenvalue weighted by Crippen LogP contribution is -2.44. The molecule has 2 aliphatic heterocycles. The van der Waals surface area contributed by atoms with Crippen LogP contribution < -0.4 is 10.2 Å². The van der Waals surface area contributed by atoms with E-state index in [2.05, 4.69) is 0 Å². The fourth-order valence-corrected chi connectivity index (χ4v) is 2.76. The van der Waals surface area contributed by atoms with Gasteiger partial charge in [-0.05, 0) is 58.1 Å². The average molecular weight is 331 g/mol. The van der Waals surface area contributed by atoms with Crippen LogP contribution in [0.25, 0.3) is 0 Å². The van der Waals surface area contributed by atoms with Crippen LogP contribution in [-0.4, -0.2) is 48.8 Å². The Bertz CT molecular complexity index is 624. The maximum atomic E-state index is 11.9. The van der Waals surface area contributed by atoms with E-state index in [-0.39, 0.29) is 30.8 Å². The number of likely N-dealkylation sites (tertiary alicyclic amines) is 1. The molecule has 0 aromatic heterocycles. The maximum absolute atomic E-state index is 11.9. The van der Waals surface area contributed by atoms with Crippen molar-refractivity contribution in [2.75, 3.05) is 19.7 Å². The van der Waals surface area contributed by atoms with Crippen molar-refractivity contribution in [3.05, 3.63) is 23.8 Å². The molecule has 0 saturated carbocycles. The Hall–Kier alpha value is -1.53. The zero-order valence-electron chi connectivity index (χ0n) is 15.2. The van der Waals surface area contributed by atoms with E-state index in [1.807, 2.05) is 57.7 Å². The number of benzene rings is 1. The highest BCUT2D eigenvalue weighted by atomic mass is 16.7. The van der Waals surface area contributed by atoms with Crippen LogP contribution in [0.15, 0.2) is 18.2 Å². The second-order valence-corrected chi connectivity index (χ2v) is 7.64. The van der Waals surface area contributed by atoms with Crippen LogP contribution >= 0.6 is 0 Å². The van der Waals surface area contributed by atoms with E-state index in [1.165, 1.54) is 0 Å².